The number of oxime groups is 1. The minimum atomic E-state index is -0.123. The number of benzene rings is 1. The first-order valence-electron chi connectivity index (χ1n) is 7.30. The Morgan fingerprint density at radius 2 is 1.90 bits per heavy atom. The number of nitrogens with zero attached hydrogens (tertiary/aromatic N) is 1. The Morgan fingerprint density at radius 3 is 2.52 bits per heavy atom. The van der Waals surface area contributed by atoms with E-state index in [4.69, 9.17) is 10.9 Å². The average molecular weight is 290 g/mol. The predicted octanol–water partition coefficient (Wildman–Crippen LogP) is 1.91. The topological polar surface area (TPSA) is 99.7 Å². The monoisotopic (exact) mass is 290 g/mol. The summed E-state index contributed by atoms with van der Waals surface area (Å²) in [6, 6.07) is 7.38. The van der Waals surface area contributed by atoms with E-state index < -0.39 is 0 Å². The predicted molar refractivity (Wildman–Crippen MR) is 81.2 cm³/mol. The number of carbonyl (C=O) groups is 1. The van der Waals surface area contributed by atoms with Crippen LogP contribution in [0.4, 0.5) is 4.79 Å². The maximum Gasteiger partial charge on any atom is 0.315 e. The molecular weight excluding hydrogens is 268 g/mol. The van der Waals surface area contributed by atoms with Crippen LogP contribution in [0.2, 0.25) is 0 Å². The second kappa shape index (κ2) is 7.52. The lowest BCUT2D eigenvalue weighted by Crippen LogP contribution is -2.42. The number of nitrogens with one attached hydrogen (secondary N) is 2. The Morgan fingerprint density at radius 1 is 1.24 bits per heavy atom. The van der Waals surface area contributed by atoms with Crippen molar-refractivity contribution in [3.63, 3.8) is 0 Å². The van der Waals surface area contributed by atoms with Crippen LogP contribution in [0.1, 0.15) is 43.2 Å². The lowest BCUT2D eigenvalue weighted by molar-refractivity contribution is 0.232. The molecule has 6 nitrogen and oxygen atoms in total. The second-order valence-electron chi connectivity index (χ2n) is 5.34. The molecule has 1 aliphatic carbocycles. The van der Waals surface area contributed by atoms with E-state index in [1.54, 1.807) is 12.1 Å². The molecule has 0 atom stereocenters. The first-order chi connectivity index (χ1) is 10.2. The molecule has 0 aromatic heterocycles. The maximum absolute atomic E-state index is 11.8. The van der Waals surface area contributed by atoms with Crippen LogP contribution in [0.15, 0.2) is 29.4 Å². The van der Waals surface area contributed by atoms with Crippen LogP contribution in [-0.4, -0.2) is 23.1 Å². The van der Waals surface area contributed by atoms with Crippen LogP contribution in [0.3, 0.4) is 0 Å². The first kappa shape index (κ1) is 15.2. The van der Waals surface area contributed by atoms with Gasteiger partial charge in [-0.05, 0) is 18.4 Å². The highest BCUT2D eigenvalue weighted by Crippen LogP contribution is 2.17. The van der Waals surface area contributed by atoms with Crippen molar-refractivity contribution in [1.29, 1.82) is 0 Å². The molecule has 2 amide bonds. The van der Waals surface area contributed by atoms with Gasteiger partial charge in [0.1, 0.15) is 0 Å². The third-order valence-corrected chi connectivity index (χ3v) is 3.75. The summed E-state index contributed by atoms with van der Waals surface area (Å²) in [5.74, 6) is 0.0737. The van der Waals surface area contributed by atoms with Crippen LogP contribution in [0, 0.1) is 0 Å². The molecule has 0 saturated heterocycles. The normalized spacial score (nSPS) is 16.5. The molecule has 114 valence electrons. The van der Waals surface area contributed by atoms with Gasteiger partial charge in [-0.2, -0.15) is 0 Å². The largest absolute Gasteiger partial charge is 0.409 e. The molecule has 0 unspecified atom stereocenters. The molecule has 0 radical (unpaired) electrons. The fourth-order valence-electron chi connectivity index (χ4n) is 2.52. The molecule has 1 saturated carbocycles. The first-order valence-corrected chi connectivity index (χ1v) is 7.30. The Hall–Kier alpha value is -2.24. The van der Waals surface area contributed by atoms with E-state index >= 15 is 0 Å². The second-order valence-corrected chi connectivity index (χ2v) is 5.34. The standard InChI is InChI=1S/C15H22N4O2/c16-14(19-21)12-8-6-11(7-9-12)10-17-15(20)18-13-4-2-1-3-5-13/h6-9,13,21H,1-5,10H2,(H2,16,19)(H2,17,18,20). The van der Waals surface area contributed by atoms with Gasteiger partial charge in [-0.3, -0.25) is 0 Å². The van der Waals surface area contributed by atoms with Crippen molar-refractivity contribution in [3.05, 3.63) is 35.4 Å². The van der Waals surface area contributed by atoms with E-state index in [-0.39, 0.29) is 11.9 Å². The van der Waals surface area contributed by atoms with Crippen LogP contribution in [0.5, 0.6) is 0 Å². The quantitative estimate of drug-likeness (QED) is 0.295. The zero-order chi connectivity index (χ0) is 15.1. The molecule has 1 aromatic rings. The molecule has 21 heavy (non-hydrogen) atoms. The van der Waals surface area contributed by atoms with Crippen molar-refractivity contribution in [3.8, 4) is 0 Å². The Labute approximate surface area is 124 Å². The smallest absolute Gasteiger partial charge is 0.315 e. The summed E-state index contributed by atoms with van der Waals surface area (Å²) in [6.07, 6.45) is 5.80. The molecule has 6 heteroatoms. The minimum absolute atomic E-state index is 0.0737. The summed E-state index contributed by atoms with van der Waals surface area (Å²) >= 11 is 0. The van der Waals surface area contributed by atoms with E-state index in [9.17, 15) is 4.79 Å². The van der Waals surface area contributed by atoms with E-state index in [1.165, 1.54) is 19.3 Å². The van der Waals surface area contributed by atoms with Gasteiger partial charge < -0.3 is 21.6 Å². The highest BCUT2D eigenvalue weighted by atomic mass is 16.4. The average Bonchev–Trinajstić information content (AvgIpc) is 2.53. The number of nitrogens with two attached hydrogens (primary N) is 1. The van der Waals surface area contributed by atoms with Gasteiger partial charge in [0.2, 0.25) is 0 Å². The summed E-state index contributed by atoms with van der Waals surface area (Å²) in [7, 11) is 0. The number of amidine groups is 1. The van der Waals surface area contributed by atoms with Gasteiger partial charge in [0, 0.05) is 18.2 Å². The molecule has 0 bridgehead atoms. The van der Waals surface area contributed by atoms with Gasteiger partial charge >= 0.3 is 6.03 Å². The van der Waals surface area contributed by atoms with Crippen LogP contribution >= 0.6 is 0 Å². The van der Waals surface area contributed by atoms with Crippen molar-refractivity contribution in [2.45, 2.75) is 44.7 Å². The van der Waals surface area contributed by atoms with E-state index in [0.29, 0.717) is 18.2 Å². The van der Waals surface area contributed by atoms with Crippen molar-refractivity contribution in [2.24, 2.45) is 10.9 Å². The summed E-state index contributed by atoms with van der Waals surface area (Å²) in [5, 5.41) is 17.4. The number of rotatable bonds is 4. The molecule has 1 aromatic carbocycles. The van der Waals surface area contributed by atoms with Crippen LogP contribution in [-0.2, 0) is 6.54 Å². The Kier molecular flexibility index (Phi) is 5.43. The van der Waals surface area contributed by atoms with Gasteiger partial charge in [0.05, 0.1) is 0 Å². The summed E-state index contributed by atoms with van der Waals surface area (Å²) in [4.78, 5) is 11.8. The van der Waals surface area contributed by atoms with E-state index in [2.05, 4.69) is 15.8 Å². The van der Waals surface area contributed by atoms with Crippen molar-refractivity contribution in [2.75, 3.05) is 0 Å². The van der Waals surface area contributed by atoms with Crippen LogP contribution < -0.4 is 16.4 Å². The van der Waals surface area contributed by atoms with Gasteiger partial charge in [-0.25, -0.2) is 4.79 Å². The molecule has 0 aliphatic heterocycles. The highest BCUT2D eigenvalue weighted by Gasteiger charge is 2.15. The molecule has 0 spiro atoms. The fourth-order valence-corrected chi connectivity index (χ4v) is 2.52. The summed E-state index contributed by atoms with van der Waals surface area (Å²) in [5.41, 5.74) is 7.10. The fraction of sp³-hybridized carbons (Fsp3) is 0.467. The lowest BCUT2D eigenvalue weighted by atomic mass is 9.96. The molecule has 1 fully saturated rings. The highest BCUT2D eigenvalue weighted by molar-refractivity contribution is 5.96. The minimum Gasteiger partial charge on any atom is -0.409 e. The summed E-state index contributed by atoms with van der Waals surface area (Å²) in [6.45, 7) is 0.453. The molecular formula is C15H22N4O2. The SMILES string of the molecule is NC(=NO)c1ccc(CNC(=O)NC2CCCCC2)cc1. The summed E-state index contributed by atoms with van der Waals surface area (Å²) < 4.78 is 0. The van der Waals surface area contributed by atoms with Gasteiger partial charge in [0.25, 0.3) is 0 Å². The number of urea groups is 1. The lowest BCUT2D eigenvalue weighted by Gasteiger charge is -2.22. The van der Waals surface area contributed by atoms with Gasteiger partial charge in [-0.1, -0.05) is 48.7 Å². The molecule has 0 heterocycles. The number of hydrogen-bond acceptors (Lipinski definition) is 3. The molecule has 1 aliphatic rings. The number of hydrogen-bond donors (Lipinski definition) is 4. The van der Waals surface area contributed by atoms with E-state index in [0.717, 1.165) is 18.4 Å². The number of carbonyl (C=O) groups excluding carboxylic acids is 1. The van der Waals surface area contributed by atoms with E-state index in [1.807, 2.05) is 12.1 Å². The Bertz CT molecular complexity index is 493. The van der Waals surface area contributed by atoms with Crippen molar-refractivity contribution >= 4 is 11.9 Å². The van der Waals surface area contributed by atoms with Crippen molar-refractivity contribution in [1.82, 2.24) is 10.6 Å². The number of amides is 2. The third kappa shape index (κ3) is 4.66. The van der Waals surface area contributed by atoms with Gasteiger partial charge in [-0.15, -0.1) is 0 Å². The maximum atomic E-state index is 11.8. The Balaban J connectivity index is 1.78. The zero-order valence-electron chi connectivity index (χ0n) is 12.0. The third-order valence-electron chi connectivity index (χ3n) is 3.75. The van der Waals surface area contributed by atoms with Crippen molar-refractivity contribution < 1.29 is 10.0 Å². The molecule has 2 rings (SSSR count). The zero-order valence-corrected chi connectivity index (χ0v) is 12.0. The van der Waals surface area contributed by atoms with Crippen LogP contribution in [0.25, 0.3) is 0 Å². The van der Waals surface area contributed by atoms with Gasteiger partial charge in [0.15, 0.2) is 5.84 Å². The molecule has 5 N–H and O–H groups in total.